The lowest BCUT2D eigenvalue weighted by Gasteiger charge is -2.32. The minimum Gasteiger partial charge on any atom is -0.421 e. The Morgan fingerprint density at radius 3 is 1.88 bits per heavy atom. The predicted molar refractivity (Wildman–Crippen MR) is 84.6 cm³/mol. The predicted octanol–water partition coefficient (Wildman–Crippen LogP) is 3.10. The highest BCUT2D eigenvalue weighted by molar-refractivity contribution is 7.86. The Morgan fingerprint density at radius 1 is 1.00 bits per heavy atom. The van der Waals surface area contributed by atoms with Gasteiger partial charge in [-0.2, -0.15) is 43.5 Å². The molecule has 0 heterocycles. The van der Waals surface area contributed by atoms with E-state index in [2.05, 4.69) is 20.8 Å². The maximum Gasteiger partial charge on any atom is 0.468 e. The van der Waals surface area contributed by atoms with Gasteiger partial charge in [0.25, 0.3) is 0 Å². The van der Waals surface area contributed by atoms with Crippen LogP contribution in [0.25, 0.3) is 0 Å². The van der Waals surface area contributed by atoms with Crippen LogP contribution in [0.4, 0.5) is 35.1 Å². The van der Waals surface area contributed by atoms with Crippen molar-refractivity contribution in [1.29, 1.82) is 0 Å². The van der Waals surface area contributed by atoms with Gasteiger partial charge in [-0.05, 0) is 24.3 Å². The summed E-state index contributed by atoms with van der Waals surface area (Å²) in [6, 6.07) is 1.29. The Labute approximate surface area is 173 Å². The van der Waals surface area contributed by atoms with Crippen LogP contribution in [0, 0.1) is 0 Å². The first-order valence-electron chi connectivity index (χ1n) is 7.57. The number of carbonyl (C=O) groups excluding carboxylic acids is 2. The van der Waals surface area contributed by atoms with Crippen molar-refractivity contribution in [3.05, 3.63) is 42.5 Å². The third-order valence-electron chi connectivity index (χ3n) is 3.27. The molecular weight excluding hydrogens is 492 g/mol. The molecule has 0 aliphatic rings. The first kappa shape index (κ1) is 27.2. The van der Waals surface area contributed by atoms with Gasteiger partial charge in [0.1, 0.15) is 12.4 Å². The molecule has 0 aliphatic carbocycles. The lowest BCUT2D eigenvalue weighted by Crippen LogP contribution is -2.60. The number of benzene rings is 1. The van der Waals surface area contributed by atoms with Crippen LogP contribution in [0.15, 0.2) is 36.9 Å². The van der Waals surface area contributed by atoms with E-state index in [-0.39, 0.29) is 18.2 Å². The van der Waals surface area contributed by atoms with Crippen molar-refractivity contribution in [2.45, 2.75) is 23.4 Å². The summed E-state index contributed by atoms with van der Waals surface area (Å²) in [6.07, 6.45) is -11.0. The second-order valence-electron chi connectivity index (χ2n) is 5.55. The van der Waals surface area contributed by atoms with Crippen LogP contribution >= 0.6 is 0 Å². The van der Waals surface area contributed by atoms with Gasteiger partial charge in [0, 0.05) is 6.08 Å². The van der Waals surface area contributed by atoms with Crippen LogP contribution in [0.5, 0.6) is 5.75 Å². The average Bonchev–Trinajstić information content (AvgIpc) is 2.62. The van der Waals surface area contributed by atoms with Gasteiger partial charge in [-0.1, -0.05) is 6.58 Å². The smallest absolute Gasteiger partial charge is 0.421 e. The van der Waals surface area contributed by atoms with Crippen molar-refractivity contribution in [3.8, 4) is 5.75 Å². The van der Waals surface area contributed by atoms with Gasteiger partial charge in [-0.15, -0.1) is 0 Å². The third-order valence-corrected chi connectivity index (χ3v) is 4.14. The number of esters is 2. The van der Waals surface area contributed by atoms with Gasteiger partial charge >= 0.3 is 45.5 Å². The molecular formula is C15H10F8O8S. The number of halogens is 8. The van der Waals surface area contributed by atoms with Crippen molar-refractivity contribution in [1.82, 2.24) is 0 Å². The van der Waals surface area contributed by atoms with Crippen molar-refractivity contribution in [2.75, 3.05) is 6.61 Å². The molecule has 0 saturated heterocycles. The summed E-state index contributed by atoms with van der Waals surface area (Å²) in [5, 5.41) is -5.42. The molecule has 0 aliphatic heterocycles. The van der Waals surface area contributed by atoms with Crippen LogP contribution < -0.4 is 4.74 Å². The van der Waals surface area contributed by atoms with E-state index in [1.807, 2.05) is 0 Å². The molecule has 17 heteroatoms. The lowest BCUT2D eigenvalue weighted by molar-refractivity contribution is -0.357. The fourth-order valence-corrected chi connectivity index (χ4v) is 1.92. The summed E-state index contributed by atoms with van der Waals surface area (Å²) in [7, 11) is -6.35. The Kier molecular flexibility index (Phi) is 7.65. The maximum atomic E-state index is 13.6. The van der Waals surface area contributed by atoms with E-state index in [0.717, 1.165) is 0 Å². The minimum atomic E-state index is -6.35. The summed E-state index contributed by atoms with van der Waals surface area (Å²) in [5.41, 5.74) is -1.30. The molecule has 0 fully saturated rings. The number of rotatable bonds is 8. The second-order valence-corrected chi connectivity index (χ2v) is 7.10. The van der Waals surface area contributed by atoms with E-state index in [1.165, 1.54) is 0 Å². The van der Waals surface area contributed by atoms with E-state index >= 15 is 0 Å². The normalized spacial score (nSPS) is 14.9. The Hall–Kier alpha value is -2.79. The largest absolute Gasteiger partial charge is 0.468 e. The molecule has 1 aromatic carbocycles. The van der Waals surface area contributed by atoms with E-state index in [1.54, 1.807) is 0 Å². The van der Waals surface area contributed by atoms with Gasteiger partial charge in [0.15, 0.2) is 0 Å². The highest BCUT2D eigenvalue weighted by atomic mass is 32.2. The molecule has 180 valence electrons. The first-order chi connectivity index (χ1) is 14.3. The summed E-state index contributed by atoms with van der Waals surface area (Å²) in [6.45, 7) is -0.152. The van der Waals surface area contributed by atoms with Crippen molar-refractivity contribution in [3.63, 3.8) is 0 Å². The van der Waals surface area contributed by atoms with Crippen LogP contribution in [-0.2, 0) is 35.4 Å². The molecule has 0 aromatic heterocycles. The average molecular weight is 502 g/mol. The van der Waals surface area contributed by atoms with Crippen molar-refractivity contribution >= 4 is 22.1 Å². The molecule has 8 nitrogen and oxygen atoms in total. The molecule has 32 heavy (non-hydrogen) atoms. The van der Waals surface area contributed by atoms with E-state index in [4.69, 9.17) is 4.55 Å². The standard InChI is InChI=1S/C15H10F8O8S/c1-2-10(24)31-13(15(21,22)23,29-7-12(16,17)32(26,27)28)11(25)30-9-5-3-8(4-6-9)14(18,19)20/h2-6H,1,7H2,(H,26,27,28). The fourth-order valence-electron chi connectivity index (χ4n) is 1.72. The Balaban J connectivity index is 3.41. The van der Waals surface area contributed by atoms with Crippen molar-refractivity contribution in [2.24, 2.45) is 0 Å². The molecule has 0 bridgehead atoms. The fraction of sp³-hybridized carbons (Fsp3) is 0.333. The van der Waals surface area contributed by atoms with Crippen molar-refractivity contribution < 1.29 is 71.9 Å². The van der Waals surface area contributed by atoms with Crippen LogP contribution in [0.1, 0.15) is 5.56 Å². The Bertz CT molecular complexity index is 969. The number of ether oxygens (including phenoxy) is 3. The highest BCUT2D eigenvalue weighted by Gasteiger charge is 2.69. The maximum absolute atomic E-state index is 13.6. The minimum absolute atomic E-state index is 0.0379. The zero-order valence-corrected chi connectivity index (χ0v) is 15.9. The van der Waals surface area contributed by atoms with Gasteiger partial charge in [-0.25, -0.2) is 9.59 Å². The third kappa shape index (κ3) is 6.13. The lowest BCUT2D eigenvalue weighted by atomic mass is 10.2. The summed E-state index contributed by atoms with van der Waals surface area (Å²) >= 11 is 0. The molecule has 1 unspecified atom stereocenters. The molecule has 1 rings (SSSR count). The zero-order chi connectivity index (χ0) is 25.2. The zero-order valence-electron chi connectivity index (χ0n) is 15.0. The van der Waals surface area contributed by atoms with Crippen LogP contribution in [0.3, 0.4) is 0 Å². The number of alkyl halides is 8. The number of hydrogen-bond acceptors (Lipinski definition) is 7. The monoisotopic (exact) mass is 502 g/mol. The molecule has 1 aromatic rings. The molecule has 0 amide bonds. The van der Waals surface area contributed by atoms with E-state index in [9.17, 15) is 53.1 Å². The number of hydrogen-bond donors (Lipinski definition) is 1. The molecule has 1 N–H and O–H groups in total. The van der Waals surface area contributed by atoms with Gasteiger partial charge in [0.2, 0.25) is 0 Å². The van der Waals surface area contributed by atoms with Crippen LogP contribution in [0.2, 0.25) is 0 Å². The van der Waals surface area contributed by atoms with E-state index < -0.39 is 63.4 Å². The second kappa shape index (κ2) is 8.99. The van der Waals surface area contributed by atoms with E-state index in [0.29, 0.717) is 12.1 Å². The van der Waals surface area contributed by atoms with Gasteiger partial charge in [0.05, 0.1) is 5.56 Å². The Morgan fingerprint density at radius 2 is 1.50 bits per heavy atom. The summed E-state index contributed by atoms with van der Waals surface area (Å²) in [4.78, 5) is 23.4. The summed E-state index contributed by atoms with van der Waals surface area (Å²) < 4.78 is 146. The quantitative estimate of drug-likeness (QED) is 0.144. The molecule has 0 radical (unpaired) electrons. The first-order valence-corrected chi connectivity index (χ1v) is 9.01. The van der Waals surface area contributed by atoms with Gasteiger partial charge < -0.3 is 14.2 Å². The molecule has 0 saturated carbocycles. The molecule has 0 spiro atoms. The van der Waals surface area contributed by atoms with Gasteiger partial charge in [-0.3, -0.25) is 4.55 Å². The topological polar surface area (TPSA) is 116 Å². The summed E-state index contributed by atoms with van der Waals surface area (Å²) in [5.74, 6) is -10.9. The highest BCUT2D eigenvalue weighted by Crippen LogP contribution is 2.39. The van der Waals surface area contributed by atoms with Crippen LogP contribution in [-0.4, -0.2) is 48.7 Å². The SMILES string of the molecule is C=CC(=O)OC(OCC(F)(F)S(=O)(=O)O)(C(=O)Oc1ccc(C(F)(F)F)cc1)C(F)(F)F. The molecule has 1 atom stereocenters. The number of carbonyl (C=O) groups is 2.